The summed E-state index contributed by atoms with van der Waals surface area (Å²) >= 11 is 5.71. The van der Waals surface area contributed by atoms with Crippen molar-refractivity contribution in [3.8, 4) is 0 Å². The first kappa shape index (κ1) is 14.1. The molecule has 20 heavy (non-hydrogen) atoms. The zero-order valence-corrected chi connectivity index (χ0v) is 11.6. The molecule has 0 aliphatic heterocycles. The van der Waals surface area contributed by atoms with Gasteiger partial charge in [-0.1, -0.05) is 11.6 Å². The minimum atomic E-state index is -1.10. The Bertz CT molecular complexity index is 677. The van der Waals surface area contributed by atoms with Crippen LogP contribution in [0.5, 0.6) is 0 Å². The number of aromatic carboxylic acids is 1. The molecule has 0 aliphatic rings. The van der Waals surface area contributed by atoms with Gasteiger partial charge in [-0.15, -0.1) is 0 Å². The van der Waals surface area contributed by atoms with Crippen molar-refractivity contribution in [3.05, 3.63) is 45.9 Å². The molecular weight excluding hydrogens is 282 g/mol. The Morgan fingerprint density at radius 2 is 2.05 bits per heavy atom. The van der Waals surface area contributed by atoms with E-state index in [-0.39, 0.29) is 5.69 Å². The van der Waals surface area contributed by atoms with Gasteiger partial charge in [-0.3, -0.25) is 4.79 Å². The fraction of sp³-hybridized carbons (Fsp3) is 0.154. The number of aromatic amines is 1. The van der Waals surface area contributed by atoms with Gasteiger partial charge in [-0.2, -0.15) is 0 Å². The molecule has 0 unspecified atom stereocenters. The van der Waals surface area contributed by atoms with Gasteiger partial charge in [0.2, 0.25) is 0 Å². The molecular formula is C13H12ClN3O3. The van der Waals surface area contributed by atoms with Crippen LogP contribution in [0.3, 0.4) is 0 Å². The van der Waals surface area contributed by atoms with Crippen molar-refractivity contribution in [2.24, 2.45) is 0 Å². The van der Waals surface area contributed by atoms with Crippen LogP contribution in [0.15, 0.2) is 18.3 Å². The topological polar surface area (TPSA) is 95.1 Å². The van der Waals surface area contributed by atoms with E-state index >= 15 is 0 Å². The number of aryl methyl sites for hydroxylation is 1. The molecule has 0 radical (unpaired) electrons. The number of amides is 1. The molecule has 0 spiro atoms. The number of nitrogens with zero attached hydrogens (tertiary/aromatic N) is 1. The highest BCUT2D eigenvalue weighted by atomic mass is 35.5. The minimum Gasteiger partial charge on any atom is -0.477 e. The van der Waals surface area contributed by atoms with E-state index in [1.165, 1.54) is 6.20 Å². The van der Waals surface area contributed by atoms with E-state index in [0.29, 0.717) is 27.7 Å². The number of halogens is 1. The lowest BCUT2D eigenvalue weighted by atomic mass is 10.1. The molecule has 0 bridgehead atoms. The van der Waals surface area contributed by atoms with Gasteiger partial charge in [-0.25, -0.2) is 9.78 Å². The quantitative estimate of drug-likeness (QED) is 0.810. The summed E-state index contributed by atoms with van der Waals surface area (Å²) < 4.78 is 0. The molecule has 6 nitrogen and oxygen atoms in total. The molecule has 7 heteroatoms. The summed E-state index contributed by atoms with van der Waals surface area (Å²) in [6, 6.07) is 3.17. The van der Waals surface area contributed by atoms with Crippen molar-refractivity contribution < 1.29 is 14.7 Å². The molecule has 0 aromatic carbocycles. The number of carbonyl (C=O) groups is 2. The van der Waals surface area contributed by atoms with Crippen LogP contribution in [-0.2, 0) is 0 Å². The van der Waals surface area contributed by atoms with Crippen molar-refractivity contribution in [2.45, 2.75) is 13.8 Å². The Balaban J connectivity index is 2.30. The zero-order valence-electron chi connectivity index (χ0n) is 10.8. The van der Waals surface area contributed by atoms with Crippen LogP contribution in [0, 0.1) is 13.8 Å². The summed E-state index contributed by atoms with van der Waals surface area (Å²) in [5.74, 6) is -1.18. The monoisotopic (exact) mass is 293 g/mol. The molecule has 0 saturated carbocycles. The average molecular weight is 294 g/mol. The van der Waals surface area contributed by atoms with Crippen LogP contribution < -0.4 is 5.32 Å². The van der Waals surface area contributed by atoms with Crippen molar-refractivity contribution in [2.75, 3.05) is 5.32 Å². The zero-order chi connectivity index (χ0) is 14.9. The molecule has 104 valence electrons. The Hall–Kier alpha value is -2.34. The normalized spacial score (nSPS) is 10.3. The Morgan fingerprint density at radius 1 is 1.35 bits per heavy atom. The van der Waals surface area contributed by atoms with Crippen LogP contribution in [-0.4, -0.2) is 27.0 Å². The van der Waals surface area contributed by atoms with Gasteiger partial charge >= 0.3 is 5.97 Å². The second-order valence-corrected chi connectivity index (χ2v) is 4.68. The number of rotatable bonds is 3. The smallest absolute Gasteiger partial charge is 0.352 e. The predicted octanol–water partition coefficient (Wildman–Crippen LogP) is 2.63. The highest BCUT2D eigenvalue weighted by Gasteiger charge is 2.21. The number of carboxylic acid groups (broad SMARTS) is 1. The molecule has 2 aromatic heterocycles. The maximum Gasteiger partial charge on any atom is 0.352 e. The summed E-state index contributed by atoms with van der Waals surface area (Å²) in [6.45, 7) is 3.22. The number of carboxylic acids is 1. The number of hydrogen-bond donors (Lipinski definition) is 3. The van der Waals surface area contributed by atoms with Gasteiger partial charge < -0.3 is 15.4 Å². The molecule has 0 aliphatic carbocycles. The first-order chi connectivity index (χ1) is 9.40. The van der Waals surface area contributed by atoms with Gasteiger partial charge in [0.15, 0.2) is 0 Å². The second-order valence-electron chi connectivity index (χ2n) is 4.25. The summed E-state index contributed by atoms with van der Waals surface area (Å²) in [5, 5.41) is 12.1. The summed E-state index contributed by atoms with van der Waals surface area (Å²) in [7, 11) is 0. The van der Waals surface area contributed by atoms with E-state index in [0.717, 1.165) is 0 Å². The van der Waals surface area contributed by atoms with Crippen molar-refractivity contribution in [1.82, 2.24) is 9.97 Å². The van der Waals surface area contributed by atoms with E-state index in [4.69, 9.17) is 16.7 Å². The first-order valence-electron chi connectivity index (χ1n) is 5.75. The van der Waals surface area contributed by atoms with Crippen LogP contribution in [0.1, 0.15) is 32.1 Å². The molecule has 2 aromatic rings. The molecule has 0 fully saturated rings. The fourth-order valence-electron chi connectivity index (χ4n) is 1.93. The number of nitrogens with one attached hydrogen (secondary N) is 2. The molecule has 2 rings (SSSR count). The predicted molar refractivity (Wildman–Crippen MR) is 74.4 cm³/mol. The third-order valence-electron chi connectivity index (χ3n) is 2.85. The number of H-pyrrole nitrogens is 1. The van der Waals surface area contributed by atoms with Gasteiger partial charge in [-0.05, 0) is 31.5 Å². The van der Waals surface area contributed by atoms with Crippen LogP contribution in [0.25, 0.3) is 0 Å². The van der Waals surface area contributed by atoms with E-state index in [2.05, 4.69) is 15.3 Å². The number of aromatic nitrogens is 2. The SMILES string of the molecule is Cc1[nH]c(C(=O)O)c(C)c1C(=O)Nc1ccc(Cl)cn1. The number of carbonyl (C=O) groups excluding carboxylic acids is 1. The standard InChI is InChI=1S/C13H12ClN3O3/c1-6-10(7(2)16-11(6)13(19)20)12(18)17-9-4-3-8(14)5-15-9/h3-5,16H,1-2H3,(H,19,20)(H,15,17,18). The van der Waals surface area contributed by atoms with E-state index in [1.54, 1.807) is 26.0 Å². The average Bonchev–Trinajstić information content (AvgIpc) is 2.68. The highest BCUT2D eigenvalue weighted by molar-refractivity contribution is 6.30. The van der Waals surface area contributed by atoms with Gasteiger partial charge in [0.1, 0.15) is 11.5 Å². The van der Waals surface area contributed by atoms with Crippen molar-refractivity contribution in [3.63, 3.8) is 0 Å². The number of pyridine rings is 1. The Labute approximate surface area is 119 Å². The Morgan fingerprint density at radius 3 is 2.55 bits per heavy atom. The van der Waals surface area contributed by atoms with Crippen molar-refractivity contribution >= 4 is 29.3 Å². The summed E-state index contributed by atoms with van der Waals surface area (Å²) in [4.78, 5) is 29.8. The lowest BCUT2D eigenvalue weighted by Crippen LogP contribution is -2.14. The molecule has 1 amide bonds. The summed E-state index contributed by atoms with van der Waals surface area (Å²) in [6.07, 6.45) is 1.41. The lowest BCUT2D eigenvalue weighted by Gasteiger charge is -2.05. The first-order valence-corrected chi connectivity index (χ1v) is 6.13. The maximum absolute atomic E-state index is 12.2. The van der Waals surface area contributed by atoms with Crippen LogP contribution in [0.4, 0.5) is 5.82 Å². The van der Waals surface area contributed by atoms with E-state index in [9.17, 15) is 9.59 Å². The number of hydrogen-bond acceptors (Lipinski definition) is 3. The van der Waals surface area contributed by atoms with Gasteiger partial charge in [0.05, 0.1) is 10.6 Å². The van der Waals surface area contributed by atoms with E-state index in [1.807, 2.05) is 0 Å². The highest BCUT2D eigenvalue weighted by Crippen LogP contribution is 2.19. The molecule has 0 saturated heterocycles. The molecule has 2 heterocycles. The number of anilines is 1. The third kappa shape index (κ3) is 2.65. The van der Waals surface area contributed by atoms with Gasteiger partial charge in [0, 0.05) is 11.9 Å². The summed E-state index contributed by atoms with van der Waals surface area (Å²) in [5.41, 5.74) is 1.20. The molecule has 0 atom stereocenters. The fourth-order valence-corrected chi connectivity index (χ4v) is 2.04. The minimum absolute atomic E-state index is 0.0108. The maximum atomic E-state index is 12.2. The Kier molecular flexibility index (Phi) is 3.76. The van der Waals surface area contributed by atoms with Crippen LogP contribution in [0.2, 0.25) is 5.02 Å². The molecule has 3 N–H and O–H groups in total. The second kappa shape index (κ2) is 5.34. The van der Waals surface area contributed by atoms with Crippen molar-refractivity contribution in [1.29, 1.82) is 0 Å². The van der Waals surface area contributed by atoms with E-state index < -0.39 is 11.9 Å². The van der Waals surface area contributed by atoms with Gasteiger partial charge in [0.25, 0.3) is 5.91 Å². The lowest BCUT2D eigenvalue weighted by molar-refractivity contribution is 0.0690. The largest absolute Gasteiger partial charge is 0.477 e. The third-order valence-corrected chi connectivity index (χ3v) is 3.07. The van der Waals surface area contributed by atoms with Crippen LogP contribution >= 0.6 is 11.6 Å².